The maximum Gasteiger partial charge on any atom is 0.393 e. The van der Waals surface area contributed by atoms with E-state index in [4.69, 9.17) is 0 Å². The molecule has 0 spiro atoms. The third kappa shape index (κ3) is 3.45. The minimum atomic E-state index is -4.15. The van der Waals surface area contributed by atoms with E-state index < -0.39 is 12.1 Å². The van der Waals surface area contributed by atoms with E-state index in [-0.39, 0.29) is 6.54 Å². The van der Waals surface area contributed by atoms with Gasteiger partial charge in [-0.05, 0) is 15.9 Å². The van der Waals surface area contributed by atoms with Crippen molar-refractivity contribution >= 4 is 32.4 Å². The van der Waals surface area contributed by atoms with Gasteiger partial charge in [-0.25, -0.2) is 4.98 Å². The Balaban J connectivity index is 2.41. The van der Waals surface area contributed by atoms with Gasteiger partial charge in [0, 0.05) is 6.54 Å². The third-order valence-electron chi connectivity index (χ3n) is 1.60. The van der Waals surface area contributed by atoms with Gasteiger partial charge in [0.05, 0.1) is 15.9 Å². The van der Waals surface area contributed by atoms with Crippen LogP contribution in [0.3, 0.4) is 0 Å². The summed E-state index contributed by atoms with van der Waals surface area (Å²) in [6, 6.07) is 0. The number of nitrogens with zero attached hydrogens (tertiary/aromatic N) is 1. The number of thiazole rings is 1. The first-order valence-corrected chi connectivity index (χ1v) is 5.42. The highest BCUT2D eigenvalue weighted by molar-refractivity contribution is 9.11. The molecule has 0 aliphatic rings. The van der Waals surface area contributed by atoms with Crippen LogP contribution in [0.4, 0.5) is 18.3 Å². The zero-order chi connectivity index (χ0) is 10.8. The summed E-state index contributed by atoms with van der Waals surface area (Å²) < 4.78 is 37.1. The van der Waals surface area contributed by atoms with Gasteiger partial charge in [-0.1, -0.05) is 18.3 Å². The van der Waals surface area contributed by atoms with E-state index >= 15 is 0 Å². The smallest absolute Gasteiger partial charge is 0.361 e. The Bertz CT molecular complexity index is 299. The second-order valence-corrected chi connectivity index (χ2v) is 5.20. The molecule has 2 nitrogen and oxygen atoms in total. The Hall–Kier alpha value is -0.300. The van der Waals surface area contributed by atoms with Crippen LogP contribution in [0.5, 0.6) is 0 Å². The molecule has 1 unspecified atom stereocenters. The van der Waals surface area contributed by atoms with Crippen LogP contribution in [-0.2, 0) is 0 Å². The van der Waals surface area contributed by atoms with Gasteiger partial charge in [-0.3, -0.25) is 0 Å². The summed E-state index contributed by atoms with van der Waals surface area (Å²) in [4.78, 5) is 3.86. The highest BCUT2D eigenvalue weighted by Crippen LogP contribution is 2.27. The first-order chi connectivity index (χ1) is 6.39. The Morgan fingerprint density at radius 2 is 2.29 bits per heavy atom. The average Bonchev–Trinajstić information content (AvgIpc) is 2.45. The van der Waals surface area contributed by atoms with Gasteiger partial charge in [0.2, 0.25) is 0 Å². The lowest BCUT2D eigenvalue weighted by Crippen LogP contribution is -2.26. The summed E-state index contributed by atoms with van der Waals surface area (Å²) in [6.07, 6.45) is -2.60. The minimum Gasteiger partial charge on any atom is -0.361 e. The topological polar surface area (TPSA) is 24.9 Å². The van der Waals surface area contributed by atoms with Gasteiger partial charge in [0.1, 0.15) is 0 Å². The second kappa shape index (κ2) is 4.48. The molecule has 0 radical (unpaired) electrons. The lowest BCUT2D eigenvalue weighted by atomic mass is 10.2. The summed E-state index contributed by atoms with van der Waals surface area (Å²) in [5.41, 5.74) is 0. The summed E-state index contributed by atoms with van der Waals surface area (Å²) >= 11 is 4.44. The van der Waals surface area contributed by atoms with Crippen LogP contribution >= 0.6 is 27.3 Å². The highest BCUT2D eigenvalue weighted by atomic mass is 79.9. The molecule has 0 aromatic carbocycles. The molecule has 0 bridgehead atoms. The lowest BCUT2D eigenvalue weighted by Gasteiger charge is -2.15. The van der Waals surface area contributed by atoms with Crippen molar-refractivity contribution < 1.29 is 13.2 Å². The number of hydrogen-bond donors (Lipinski definition) is 1. The normalized spacial score (nSPS) is 14.1. The Labute approximate surface area is 91.7 Å². The Morgan fingerprint density at radius 1 is 1.64 bits per heavy atom. The zero-order valence-electron chi connectivity index (χ0n) is 7.23. The Morgan fingerprint density at radius 3 is 2.71 bits per heavy atom. The van der Waals surface area contributed by atoms with Gasteiger partial charge in [0.15, 0.2) is 5.13 Å². The van der Waals surface area contributed by atoms with Crippen molar-refractivity contribution in [3.63, 3.8) is 0 Å². The molecule has 0 fully saturated rings. The number of nitrogens with one attached hydrogen (secondary N) is 1. The molecule has 1 aromatic heterocycles. The molecule has 0 amide bonds. The molecular formula is C7H8BrF3N2S. The van der Waals surface area contributed by atoms with Crippen LogP contribution in [0.1, 0.15) is 6.92 Å². The third-order valence-corrected chi connectivity index (χ3v) is 3.03. The van der Waals surface area contributed by atoms with Crippen LogP contribution in [0, 0.1) is 5.92 Å². The maximum atomic E-state index is 12.1. The molecule has 1 N–H and O–H groups in total. The molecule has 80 valence electrons. The van der Waals surface area contributed by atoms with E-state index in [0.717, 1.165) is 10.7 Å². The van der Waals surface area contributed by atoms with Crippen molar-refractivity contribution in [2.45, 2.75) is 13.1 Å². The van der Waals surface area contributed by atoms with E-state index in [0.29, 0.717) is 5.13 Å². The number of alkyl halides is 3. The molecule has 1 rings (SSSR count). The summed E-state index contributed by atoms with van der Waals surface area (Å²) in [7, 11) is 0. The first kappa shape index (κ1) is 11.8. The number of anilines is 1. The van der Waals surface area contributed by atoms with E-state index in [2.05, 4.69) is 26.2 Å². The second-order valence-electron chi connectivity index (χ2n) is 2.79. The molecule has 0 saturated carbocycles. The Kier molecular flexibility index (Phi) is 3.77. The van der Waals surface area contributed by atoms with Crippen molar-refractivity contribution in [1.82, 2.24) is 4.98 Å². The molecule has 14 heavy (non-hydrogen) atoms. The van der Waals surface area contributed by atoms with Crippen LogP contribution in [0.15, 0.2) is 9.98 Å². The van der Waals surface area contributed by atoms with Gasteiger partial charge in [0.25, 0.3) is 0 Å². The quantitative estimate of drug-likeness (QED) is 0.921. The summed E-state index contributed by atoms with van der Waals surface area (Å²) in [6.45, 7) is 0.985. The highest BCUT2D eigenvalue weighted by Gasteiger charge is 2.35. The van der Waals surface area contributed by atoms with Crippen molar-refractivity contribution in [1.29, 1.82) is 0 Å². The van der Waals surface area contributed by atoms with Crippen molar-refractivity contribution in [2.75, 3.05) is 11.9 Å². The van der Waals surface area contributed by atoms with Gasteiger partial charge in [-0.15, -0.1) is 0 Å². The van der Waals surface area contributed by atoms with E-state index in [9.17, 15) is 13.2 Å². The average molecular weight is 289 g/mol. The van der Waals surface area contributed by atoms with Crippen molar-refractivity contribution in [2.24, 2.45) is 5.92 Å². The largest absolute Gasteiger partial charge is 0.393 e. The van der Waals surface area contributed by atoms with Crippen LogP contribution in [0.25, 0.3) is 0 Å². The lowest BCUT2D eigenvalue weighted by molar-refractivity contribution is -0.165. The predicted molar refractivity (Wildman–Crippen MR) is 53.5 cm³/mol. The first-order valence-electron chi connectivity index (χ1n) is 3.81. The molecule has 1 aromatic rings. The molecule has 0 aliphatic heterocycles. The molecule has 7 heteroatoms. The number of rotatable bonds is 3. The minimum absolute atomic E-state index is 0.149. The van der Waals surface area contributed by atoms with Crippen LogP contribution in [0.2, 0.25) is 0 Å². The summed E-state index contributed by atoms with van der Waals surface area (Å²) in [5.74, 6) is -1.37. The summed E-state index contributed by atoms with van der Waals surface area (Å²) in [5, 5.41) is 3.12. The zero-order valence-corrected chi connectivity index (χ0v) is 9.63. The number of hydrogen-bond acceptors (Lipinski definition) is 3. The number of aromatic nitrogens is 1. The SMILES string of the molecule is CC(CNc1ncc(Br)s1)C(F)(F)F. The standard InChI is InChI=1S/C7H8BrF3N2S/c1-4(7(9,10)11)2-12-6-13-3-5(8)14-6/h3-4H,2H2,1H3,(H,12,13). The van der Waals surface area contributed by atoms with Gasteiger partial charge in [-0.2, -0.15) is 13.2 Å². The van der Waals surface area contributed by atoms with Crippen LogP contribution in [-0.4, -0.2) is 17.7 Å². The predicted octanol–water partition coefficient (Wildman–Crippen LogP) is 3.52. The monoisotopic (exact) mass is 288 g/mol. The van der Waals surface area contributed by atoms with Crippen molar-refractivity contribution in [3.8, 4) is 0 Å². The molecule has 0 saturated heterocycles. The molecule has 1 atom stereocenters. The maximum absolute atomic E-state index is 12.1. The molecular weight excluding hydrogens is 281 g/mol. The molecule has 0 aliphatic carbocycles. The van der Waals surface area contributed by atoms with Gasteiger partial charge >= 0.3 is 6.18 Å². The van der Waals surface area contributed by atoms with E-state index in [1.807, 2.05) is 0 Å². The fraction of sp³-hybridized carbons (Fsp3) is 0.571. The fourth-order valence-corrected chi connectivity index (χ4v) is 1.81. The van der Waals surface area contributed by atoms with Crippen molar-refractivity contribution in [3.05, 3.63) is 9.98 Å². The van der Waals surface area contributed by atoms with Gasteiger partial charge < -0.3 is 5.32 Å². The van der Waals surface area contributed by atoms with E-state index in [1.165, 1.54) is 11.3 Å². The number of halogens is 4. The molecule has 1 heterocycles. The van der Waals surface area contributed by atoms with Crippen LogP contribution < -0.4 is 5.32 Å². The fourth-order valence-electron chi connectivity index (χ4n) is 0.692. The van der Waals surface area contributed by atoms with E-state index in [1.54, 1.807) is 6.20 Å².